The number of hydrogen-bond acceptors (Lipinski definition) is 5. The molecule has 0 aliphatic carbocycles. The van der Waals surface area contributed by atoms with Crippen molar-refractivity contribution in [1.82, 2.24) is 9.96 Å². The first kappa shape index (κ1) is 11.9. The van der Waals surface area contributed by atoms with E-state index in [1.54, 1.807) is 0 Å². The number of carbonyl (C=O) groups excluding carboxylic acids is 2. The second kappa shape index (κ2) is 3.68. The summed E-state index contributed by atoms with van der Waals surface area (Å²) in [6, 6.07) is -1.14. The number of nitrogens with two attached hydrogens (primary N) is 1. The van der Waals surface area contributed by atoms with Crippen molar-refractivity contribution in [1.29, 1.82) is 0 Å². The van der Waals surface area contributed by atoms with Gasteiger partial charge in [0.25, 0.3) is 5.91 Å². The lowest BCUT2D eigenvalue weighted by molar-refractivity contribution is -0.142. The van der Waals surface area contributed by atoms with E-state index in [4.69, 9.17) is 5.73 Å². The highest BCUT2D eigenvalue weighted by atomic mass is 32.1. The maximum atomic E-state index is 11.7. The van der Waals surface area contributed by atoms with Crippen LogP contribution in [0.5, 0.6) is 0 Å². The van der Waals surface area contributed by atoms with Crippen molar-refractivity contribution in [2.24, 2.45) is 5.73 Å². The Kier molecular flexibility index (Phi) is 2.31. The van der Waals surface area contributed by atoms with Crippen LogP contribution in [0.15, 0.2) is 6.07 Å². The normalized spacial score (nSPS) is 24.6. The lowest BCUT2D eigenvalue weighted by Crippen LogP contribution is -2.37. The van der Waals surface area contributed by atoms with Gasteiger partial charge in [0, 0.05) is 4.88 Å². The third-order valence-corrected chi connectivity index (χ3v) is 4.51. The molecular formula is C10H9N3O5S. The SMILES string of the molecule is NC(=O)c1cc2c(s1)[C@@H](C(=O)O)N1C[C@@H]2N(O)C1=O. The van der Waals surface area contributed by atoms with E-state index in [9.17, 15) is 24.7 Å². The van der Waals surface area contributed by atoms with Crippen molar-refractivity contribution >= 4 is 29.2 Å². The average Bonchev–Trinajstić information content (AvgIpc) is 2.87. The van der Waals surface area contributed by atoms with Crippen molar-refractivity contribution < 1.29 is 24.7 Å². The molecule has 8 nitrogen and oxygen atoms in total. The number of carboxylic acids is 1. The number of hydrogen-bond donors (Lipinski definition) is 3. The van der Waals surface area contributed by atoms with Gasteiger partial charge in [-0.3, -0.25) is 10.0 Å². The van der Waals surface area contributed by atoms with E-state index in [1.165, 1.54) is 6.07 Å². The van der Waals surface area contributed by atoms with Gasteiger partial charge in [0.05, 0.1) is 11.4 Å². The van der Waals surface area contributed by atoms with Crippen molar-refractivity contribution in [2.45, 2.75) is 12.1 Å². The molecule has 2 aliphatic rings. The third kappa shape index (κ3) is 1.45. The number of urea groups is 1. The van der Waals surface area contributed by atoms with Crippen molar-refractivity contribution in [3.05, 3.63) is 21.4 Å². The molecule has 1 saturated heterocycles. The van der Waals surface area contributed by atoms with Crippen LogP contribution in [0.1, 0.15) is 32.2 Å². The zero-order chi connectivity index (χ0) is 13.9. The molecule has 0 aromatic carbocycles. The number of thiophene rings is 1. The monoisotopic (exact) mass is 283 g/mol. The van der Waals surface area contributed by atoms with Crippen molar-refractivity contribution in [3.8, 4) is 0 Å². The summed E-state index contributed by atoms with van der Waals surface area (Å²) < 4.78 is 0. The molecule has 0 saturated carbocycles. The summed E-state index contributed by atoms with van der Waals surface area (Å²) in [5.41, 5.74) is 5.64. The van der Waals surface area contributed by atoms with Crippen molar-refractivity contribution in [3.63, 3.8) is 0 Å². The molecule has 1 fully saturated rings. The maximum Gasteiger partial charge on any atom is 0.345 e. The maximum absolute atomic E-state index is 11.7. The number of fused-ring (bicyclic) bond motifs is 4. The molecule has 2 atom stereocenters. The summed E-state index contributed by atoms with van der Waals surface area (Å²) in [7, 11) is 0. The van der Waals surface area contributed by atoms with E-state index >= 15 is 0 Å². The van der Waals surface area contributed by atoms with E-state index in [0.29, 0.717) is 15.5 Å². The minimum Gasteiger partial charge on any atom is -0.479 e. The van der Waals surface area contributed by atoms with Crippen LogP contribution in [0.4, 0.5) is 4.79 Å². The molecule has 0 radical (unpaired) electrons. The zero-order valence-corrected chi connectivity index (χ0v) is 10.3. The standard InChI is InChI=1S/C10H9N3O5S/c11-8(14)5-1-3-4-2-12(10(17)13(4)18)6(9(15)16)7(3)19-5/h1,4,6,18H,2H2,(H2,11,14)(H,15,16)/t4-,6-/m0/s1. The highest BCUT2D eigenvalue weighted by molar-refractivity contribution is 7.14. The van der Waals surface area contributed by atoms with Gasteiger partial charge in [-0.05, 0) is 11.6 Å². The quantitative estimate of drug-likeness (QED) is 0.666. The minimum atomic E-state index is -1.21. The molecule has 9 heteroatoms. The summed E-state index contributed by atoms with van der Waals surface area (Å²) in [4.78, 5) is 35.9. The Labute approximate surface area is 110 Å². The van der Waals surface area contributed by atoms with Gasteiger partial charge in [-0.15, -0.1) is 11.3 Å². The number of nitrogens with zero attached hydrogens (tertiary/aromatic N) is 2. The fourth-order valence-electron chi connectivity index (χ4n) is 2.45. The number of carboxylic acid groups (broad SMARTS) is 1. The summed E-state index contributed by atoms with van der Waals surface area (Å²) in [6.07, 6.45) is 0. The molecule has 2 bridgehead atoms. The molecule has 1 aromatic heterocycles. The van der Waals surface area contributed by atoms with Crippen molar-refractivity contribution in [2.75, 3.05) is 6.54 Å². The van der Waals surface area contributed by atoms with Gasteiger partial charge in [-0.1, -0.05) is 0 Å². The predicted octanol–water partition coefficient (Wildman–Crippen LogP) is 0.154. The second-order valence-electron chi connectivity index (χ2n) is 4.33. The first-order chi connectivity index (χ1) is 8.91. The number of amides is 3. The highest BCUT2D eigenvalue weighted by Gasteiger charge is 2.51. The Morgan fingerprint density at radius 1 is 1.47 bits per heavy atom. The molecular weight excluding hydrogens is 274 g/mol. The highest BCUT2D eigenvalue weighted by Crippen LogP contribution is 2.46. The van der Waals surface area contributed by atoms with E-state index in [2.05, 4.69) is 0 Å². The van der Waals surface area contributed by atoms with Gasteiger partial charge >= 0.3 is 12.0 Å². The third-order valence-electron chi connectivity index (χ3n) is 3.29. The van der Waals surface area contributed by atoms with Crippen LogP contribution in [-0.2, 0) is 4.79 Å². The largest absolute Gasteiger partial charge is 0.479 e. The predicted molar refractivity (Wildman–Crippen MR) is 61.7 cm³/mol. The van der Waals surface area contributed by atoms with E-state index in [-0.39, 0.29) is 11.4 Å². The average molecular weight is 283 g/mol. The molecule has 4 N–H and O–H groups in total. The Bertz CT molecular complexity index is 612. The lowest BCUT2D eigenvalue weighted by Gasteiger charge is -2.27. The summed E-state index contributed by atoms with van der Waals surface area (Å²) in [6.45, 7) is 0.0776. The summed E-state index contributed by atoms with van der Waals surface area (Å²) in [5, 5.41) is 19.5. The molecule has 19 heavy (non-hydrogen) atoms. The van der Waals surface area contributed by atoms with Gasteiger partial charge in [-0.2, -0.15) is 5.06 Å². The van der Waals surface area contributed by atoms with Gasteiger partial charge in [0.15, 0.2) is 6.04 Å². The Balaban J connectivity index is 2.18. The van der Waals surface area contributed by atoms with Gasteiger partial charge in [0.1, 0.15) is 6.04 Å². The second-order valence-corrected chi connectivity index (χ2v) is 5.41. The first-order valence-electron chi connectivity index (χ1n) is 5.36. The zero-order valence-electron chi connectivity index (χ0n) is 9.44. The number of rotatable bonds is 2. The number of hydroxylamine groups is 2. The van der Waals surface area contributed by atoms with Gasteiger partial charge in [0.2, 0.25) is 0 Å². The number of carbonyl (C=O) groups is 3. The fraction of sp³-hybridized carbons (Fsp3) is 0.300. The van der Waals surface area contributed by atoms with Crippen LogP contribution >= 0.6 is 11.3 Å². The van der Waals surface area contributed by atoms with E-state index in [0.717, 1.165) is 16.2 Å². The summed E-state index contributed by atoms with van der Waals surface area (Å²) in [5.74, 6) is -1.87. The molecule has 3 amide bonds. The lowest BCUT2D eigenvalue weighted by atomic mass is 9.99. The van der Waals surface area contributed by atoms with Gasteiger partial charge in [-0.25, -0.2) is 9.59 Å². The molecule has 0 spiro atoms. The van der Waals surface area contributed by atoms with Crippen LogP contribution in [0, 0.1) is 0 Å². The fourth-order valence-corrected chi connectivity index (χ4v) is 3.63. The van der Waals surface area contributed by atoms with E-state index < -0.39 is 30.0 Å². The molecule has 1 aromatic rings. The molecule has 3 heterocycles. The van der Waals surface area contributed by atoms with Crippen LogP contribution in [-0.4, -0.2) is 44.7 Å². The number of aliphatic carboxylic acids is 1. The smallest absolute Gasteiger partial charge is 0.345 e. The van der Waals surface area contributed by atoms with Crippen LogP contribution in [0.25, 0.3) is 0 Å². The Morgan fingerprint density at radius 3 is 2.74 bits per heavy atom. The molecule has 100 valence electrons. The van der Waals surface area contributed by atoms with Crippen LogP contribution < -0.4 is 5.73 Å². The summed E-state index contributed by atoms with van der Waals surface area (Å²) >= 11 is 0.944. The van der Waals surface area contributed by atoms with Crippen LogP contribution in [0.2, 0.25) is 0 Å². The van der Waals surface area contributed by atoms with Gasteiger partial charge < -0.3 is 15.7 Å². The van der Waals surface area contributed by atoms with Crippen LogP contribution in [0.3, 0.4) is 0 Å². The number of primary amides is 1. The topological polar surface area (TPSA) is 124 Å². The molecule has 3 rings (SSSR count). The van der Waals surface area contributed by atoms with E-state index in [1.807, 2.05) is 0 Å². The molecule has 2 aliphatic heterocycles. The minimum absolute atomic E-state index is 0.0776. The Hall–Kier alpha value is -2.13. The molecule has 0 unspecified atom stereocenters. The Morgan fingerprint density at radius 2 is 2.16 bits per heavy atom. The first-order valence-corrected chi connectivity index (χ1v) is 6.18.